The summed E-state index contributed by atoms with van der Waals surface area (Å²) >= 11 is 0. The third-order valence-electron chi connectivity index (χ3n) is 7.09. The first-order valence-corrected chi connectivity index (χ1v) is 13.0. The SMILES string of the molecule is C1=CCCC=C1.Cc1ccc(Nc2cc(NC(=O)[N+]3(C)CCC3)ccc2C)c(-c2ncnc3nc[nH]c23)c1. The van der Waals surface area contributed by atoms with Gasteiger partial charge >= 0.3 is 6.03 Å². The number of hydrogen-bond donors (Lipinski definition) is 3. The summed E-state index contributed by atoms with van der Waals surface area (Å²) in [5, 5.41) is 6.63. The Bertz CT molecular complexity index is 1500. The molecular formula is C30H34N7O+. The average molecular weight is 509 g/mol. The molecule has 38 heavy (non-hydrogen) atoms. The van der Waals surface area contributed by atoms with Crippen molar-refractivity contribution in [1.82, 2.24) is 19.9 Å². The number of urea groups is 1. The number of aromatic nitrogens is 4. The van der Waals surface area contributed by atoms with Crippen LogP contribution in [0.2, 0.25) is 0 Å². The number of quaternary nitrogens is 1. The predicted octanol–water partition coefficient (Wildman–Crippen LogP) is 6.66. The summed E-state index contributed by atoms with van der Waals surface area (Å²) in [6.07, 6.45) is 15.3. The molecule has 0 spiro atoms. The second-order valence-electron chi connectivity index (χ2n) is 10.1. The Labute approximate surface area is 223 Å². The lowest BCUT2D eigenvalue weighted by atomic mass is 10.0. The first-order valence-electron chi connectivity index (χ1n) is 13.0. The van der Waals surface area contributed by atoms with Crippen LogP contribution in [0.4, 0.5) is 21.9 Å². The first kappa shape index (κ1) is 25.4. The minimum absolute atomic E-state index is 0.0321. The molecule has 4 aromatic rings. The number of carbonyl (C=O) groups is 1. The maximum atomic E-state index is 12.7. The summed E-state index contributed by atoms with van der Waals surface area (Å²) < 4.78 is 0.437. The molecule has 0 radical (unpaired) electrons. The van der Waals surface area contributed by atoms with Crippen LogP contribution in [0, 0.1) is 13.8 Å². The van der Waals surface area contributed by atoms with Crippen LogP contribution in [0.5, 0.6) is 0 Å². The number of aryl methyl sites for hydroxylation is 2. The minimum Gasteiger partial charge on any atom is -0.355 e. The van der Waals surface area contributed by atoms with Crippen molar-refractivity contribution in [1.29, 1.82) is 0 Å². The van der Waals surface area contributed by atoms with E-state index in [-0.39, 0.29) is 6.03 Å². The topological polar surface area (TPSA) is 95.6 Å². The molecule has 2 aliphatic rings. The van der Waals surface area contributed by atoms with Crippen molar-refractivity contribution < 1.29 is 9.28 Å². The third kappa shape index (κ3) is 5.50. The van der Waals surface area contributed by atoms with E-state index >= 15 is 0 Å². The largest absolute Gasteiger partial charge is 0.420 e. The molecule has 0 atom stereocenters. The number of fused-ring (bicyclic) bond motifs is 1. The maximum Gasteiger partial charge on any atom is 0.420 e. The van der Waals surface area contributed by atoms with Gasteiger partial charge in [0.15, 0.2) is 5.65 Å². The molecule has 2 amide bonds. The van der Waals surface area contributed by atoms with Crippen molar-refractivity contribution >= 4 is 34.3 Å². The number of aromatic amines is 1. The van der Waals surface area contributed by atoms with Gasteiger partial charge in [0.2, 0.25) is 0 Å². The number of benzene rings is 2. The number of anilines is 3. The van der Waals surface area contributed by atoms with Gasteiger partial charge in [-0.15, -0.1) is 0 Å². The Kier molecular flexibility index (Phi) is 7.33. The lowest BCUT2D eigenvalue weighted by molar-refractivity contribution is -0.867. The fourth-order valence-corrected chi connectivity index (χ4v) is 4.55. The van der Waals surface area contributed by atoms with Gasteiger partial charge in [-0.3, -0.25) is 5.32 Å². The van der Waals surface area contributed by atoms with E-state index in [0.29, 0.717) is 10.1 Å². The quantitative estimate of drug-likeness (QED) is 0.268. The third-order valence-corrected chi connectivity index (χ3v) is 7.09. The molecular weight excluding hydrogens is 474 g/mol. The average Bonchev–Trinajstić information content (AvgIpc) is 3.41. The molecule has 1 fully saturated rings. The van der Waals surface area contributed by atoms with E-state index in [0.717, 1.165) is 64.5 Å². The summed E-state index contributed by atoms with van der Waals surface area (Å²) in [5.41, 5.74) is 7.99. The summed E-state index contributed by atoms with van der Waals surface area (Å²) in [6, 6.07) is 12.2. The van der Waals surface area contributed by atoms with Crippen molar-refractivity contribution in [2.24, 2.45) is 0 Å². The first-order chi connectivity index (χ1) is 18.4. The molecule has 2 aromatic carbocycles. The number of rotatable bonds is 4. The molecule has 1 aliphatic heterocycles. The molecule has 6 rings (SSSR count). The highest BCUT2D eigenvalue weighted by Gasteiger charge is 2.38. The van der Waals surface area contributed by atoms with Gasteiger partial charge < -0.3 is 10.3 Å². The Morgan fingerprint density at radius 2 is 1.74 bits per heavy atom. The van der Waals surface area contributed by atoms with Gasteiger partial charge in [-0.05, 0) is 56.5 Å². The molecule has 0 bridgehead atoms. The summed E-state index contributed by atoms with van der Waals surface area (Å²) in [6.45, 7) is 5.87. The number of carbonyl (C=O) groups excluding carboxylic acids is 1. The van der Waals surface area contributed by atoms with E-state index in [1.54, 1.807) is 6.33 Å². The fraction of sp³-hybridized carbons (Fsp3) is 0.267. The summed E-state index contributed by atoms with van der Waals surface area (Å²) in [7, 11) is 1.97. The van der Waals surface area contributed by atoms with Crippen LogP contribution in [-0.4, -0.2) is 50.6 Å². The van der Waals surface area contributed by atoms with Gasteiger partial charge in [0.25, 0.3) is 0 Å². The van der Waals surface area contributed by atoms with Crippen molar-refractivity contribution in [3.05, 3.63) is 84.5 Å². The Morgan fingerprint density at radius 1 is 0.947 bits per heavy atom. The van der Waals surface area contributed by atoms with E-state index in [1.165, 1.54) is 19.2 Å². The van der Waals surface area contributed by atoms with E-state index in [4.69, 9.17) is 0 Å². The lowest BCUT2D eigenvalue weighted by Crippen LogP contribution is -2.60. The lowest BCUT2D eigenvalue weighted by Gasteiger charge is -2.38. The van der Waals surface area contributed by atoms with Crippen molar-refractivity contribution in [3.63, 3.8) is 0 Å². The number of hydrogen-bond acceptors (Lipinski definition) is 5. The zero-order chi connectivity index (χ0) is 26.5. The van der Waals surface area contributed by atoms with Crippen LogP contribution in [-0.2, 0) is 0 Å². The molecule has 8 heteroatoms. The van der Waals surface area contributed by atoms with Gasteiger partial charge in [0, 0.05) is 29.0 Å². The zero-order valence-electron chi connectivity index (χ0n) is 22.2. The molecule has 1 saturated heterocycles. The van der Waals surface area contributed by atoms with Crippen LogP contribution in [0.3, 0.4) is 0 Å². The number of imidazole rings is 1. The van der Waals surface area contributed by atoms with Gasteiger partial charge in [0.1, 0.15) is 17.5 Å². The second-order valence-corrected chi connectivity index (χ2v) is 10.1. The van der Waals surface area contributed by atoms with Crippen LogP contribution >= 0.6 is 0 Å². The second kappa shape index (κ2) is 11.0. The smallest absolute Gasteiger partial charge is 0.355 e. The standard InChI is InChI=1S/C24H25N7O.C6H8/c1-15-5-8-19(18(11-15)21-22-23(27-13-25-21)28-14-26-22)30-20-12-17(7-6-16(20)2)29-24(32)31(3)9-4-10-31;1-2-4-6-5-3-1/h5-8,11-14H,4,9-10H2,1-3H3,(H2-,25,26,27,28,29,30,32);1-4H,5-6H2/p+1. The van der Waals surface area contributed by atoms with E-state index < -0.39 is 0 Å². The Morgan fingerprint density at radius 3 is 2.42 bits per heavy atom. The van der Waals surface area contributed by atoms with E-state index in [2.05, 4.69) is 73.9 Å². The number of likely N-dealkylation sites (tertiary alicyclic amines) is 1. The van der Waals surface area contributed by atoms with Crippen LogP contribution in [0.1, 0.15) is 30.4 Å². The van der Waals surface area contributed by atoms with Crippen LogP contribution in [0.15, 0.2) is 73.4 Å². The van der Waals surface area contributed by atoms with Crippen LogP contribution < -0.4 is 10.6 Å². The molecule has 0 saturated carbocycles. The molecule has 194 valence electrons. The zero-order valence-corrected chi connectivity index (χ0v) is 22.2. The number of nitrogens with one attached hydrogen (secondary N) is 3. The number of H-pyrrole nitrogens is 1. The van der Waals surface area contributed by atoms with Gasteiger partial charge in [-0.1, -0.05) is 42.0 Å². The van der Waals surface area contributed by atoms with Crippen molar-refractivity contribution in [2.75, 3.05) is 30.8 Å². The van der Waals surface area contributed by atoms with Crippen molar-refractivity contribution in [3.8, 4) is 11.3 Å². The molecule has 2 aromatic heterocycles. The number of allylic oxidation sites excluding steroid dienone is 4. The normalized spacial score (nSPS) is 15.3. The highest BCUT2D eigenvalue weighted by molar-refractivity contribution is 5.93. The van der Waals surface area contributed by atoms with Crippen molar-refractivity contribution in [2.45, 2.75) is 33.1 Å². The van der Waals surface area contributed by atoms with Gasteiger partial charge in [0.05, 0.1) is 26.5 Å². The molecule has 8 nitrogen and oxygen atoms in total. The minimum atomic E-state index is 0.0321. The molecule has 0 unspecified atom stereocenters. The monoisotopic (exact) mass is 508 g/mol. The van der Waals surface area contributed by atoms with Crippen LogP contribution in [0.25, 0.3) is 22.4 Å². The fourth-order valence-electron chi connectivity index (χ4n) is 4.55. The predicted molar refractivity (Wildman–Crippen MR) is 153 cm³/mol. The van der Waals surface area contributed by atoms with Gasteiger partial charge in [-0.25, -0.2) is 24.2 Å². The van der Waals surface area contributed by atoms with Gasteiger partial charge in [-0.2, -0.15) is 0 Å². The number of amides is 2. The van der Waals surface area contributed by atoms with E-state index in [9.17, 15) is 4.79 Å². The Hall–Kier alpha value is -4.30. The maximum absolute atomic E-state index is 12.7. The highest BCUT2D eigenvalue weighted by Crippen LogP contribution is 2.34. The molecule has 1 aliphatic carbocycles. The highest BCUT2D eigenvalue weighted by atomic mass is 16.2. The molecule has 3 heterocycles. The summed E-state index contributed by atoms with van der Waals surface area (Å²) in [4.78, 5) is 28.8. The molecule has 3 N–H and O–H groups in total. The number of nitrogens with zero attached hydrogens (tertiary/aromatic N) is 4. The summed E-state index contributed by atoms with van der Waals surface area (Å²) in [5.74, 6) is 0. The Balaban J connectivity index is 0.000000433. The van der Waals surface area contributed by atoms with E-state index in [1.807, 2.05) is 38.2 Å².